The first-order chi connectivity index (χ1) is 11.0. The van der Waals surface area contributed by atoms with Crippen molar-refractivity contribution >= 4 is 33.7 Å². The fourth-order valence-corrected chi connectivity index (χ4v) is 3.64. The molecule has 122 valence electrons. The van der Waals surface area contributed by atoms with Crippen molar-refractivity contribution in [1.82, 2.24) is 10.2 Å². The Kier molecular flexibility index (Phi) is 4.53. The van der Waals surface area contributed by atoms with Crippen molar-refractivity contribution in [1.29, 1.82) is 0 Å². The average molecular weight is 379 g/mol. The number of Topliss-reactive ketones (excluding diaryl/α,β-unsaturated/α-hetero) is 1. The zero-order valence-corrected chi connectivity index (χ0v) is 14.4. The number of halogens is 1. The third-order valence-corrected chi connectivity index (χ3v) is 5.13. The van der Waals surface area contributed by atoms with E-state index in [2.05, 4.69) is 21.2 Å². The van der Waals surface area contributed by atoms with E-state index in [0.717, 1.165) is 34.2 Å². The van der Waals surface area contributed by atoms with Gasteiger partial charge in [0.15, 0.2) is 5.78 Å². The van der Waals surface area contributed by atoms with Crippen molar-refractivity contribution in [2.45, 2.75) is 44.1 Å². The Morgan fingerprint density at radius 1 is 1.13 bits per heavy atom. The molecule has 0 atom stereocenters. The van der Waals surface area contributed by atoms with E-state index in [-0.39, 0.29) is 24.7 Å². The van der Waals surface area contributed by atoms with E-state index >= 15 is 0 Å². The molecule has 3 rings (SSSR count). The lowest BCUT2D eigenvalue weighted by Gasteiger charge is -2.30. The Morgan fingerprint density at radius 2 is 1.78 bits per heavy atom. The van der Waals surface area contributed by atoms with Crippen LogP contribution in [0.25, 0.3) is 0 Å². The number of nitrogens with zero attached hydrogens (tertiary/aromatic N) is 1. The summed E-state index contributed by atoms with van der Waals surface area (Å²) in [6.45, 7) is -0.150. The molecule has 1 saturated heterocycles. The van der Waals surface area contributed by atoms with Crippen LogP contribution in [0.1, 0.15) is 37.7 Å². The van der Waals surface area contributed by atoms with Crippen molar-refractivity contribution in [3.05, 3.63) is 34.3 Å². The van der Waals surface area contributed by atoms with Gasteiger partial charge in [0.1, 0.15) is 5.54 Å². The van der Waals surface area contributed by atoms with Crippen LogP contribution in [-0.4, -0.2) is 34.7 Å². The number of carbonyl (C=O) groups is 3. The molecule has 2 aliphatic rings. The molecule has 1 heterocycles. The summed E-state index contributed by atoms with van der Waals surface area (Å²) in [7, 11) is 0. The molecular formula is C17H19BrN2O3. The highest BCUT2D eigenvalue weighted by molar-refractivity contribution is 9.10. The van der Waals surface area contributed by atoms with Crippen LogP contribution in [0.2, 0.25) is 0 Å². The third-order valence-electron chi connectivity index (χ3n) is 4.60. The van der Waals surface area contributed by atoms with E-state index in [9.17, 15) is 14.4 Å². The Balaban J connectivity index is 1.65. The molecule has 2 fully saturated rings. The van der Waals surface area contributed by atoms with Crippen LogP contribution >= 0.6 is 15.9 Å². The van der Waals surface area contributed by atoms with Gasteiger partial charge >= 0.3 is 6.03 Å². The van der Waals surface area contributed by atoms with Gasteiger partial charge in [-0.05, 0) is 30.5 Å². The normalized spacial score (nSPS) is 20.0. The Hall–Kier alpha value is -1.69. The highest BCUT2D eigenvalue weighted by Gasteiger charge is 2.51. The summed E-state index contributed by atoms with van der Waals surface area (Å²) in [5.41, 5.74) is 0.116. The van der Waals surface area contributed by atoms with E-state index in [1.807, 2.05) is 24.3 Å². The second-order valence-electron chi connectivity index (χ2n) is 6.31. The largest absolute Gasteiger partial charge is 0.325 e. The Bertz CT molecular complexity index is 636. The molecule has 1 saturated carbocycles. The number of ketones is 1. The van der Waals surface area contributed by atoms with Gasteiger partial charge < -0.3 is 5.32 Å². The van der Waals surface area contributed by atoms with Gasteiger partial charge in [0.2, 0.25) is 0 Å². The fourth-order valence-electron chi connectivity index (χ4n) is 3.38. The molecule has 1 aromatic rings. The zero-order valence-electron chi connectivity index (χ0n) is 12.8. The molecule has 3 amide bonds. The smallest absolute Gasteiger partial charge is 0.323 e. The van der Waals surface area contributed by atoms with E-state index in [1.54, 1.807) is 0 Å². The van der Waals surface area contributed by atoms with Crippen LogP contribution in [-0.2, 0) is 16.0 Å². The van der Waals surface area contributed by atoms with Crippen molar-refractivity contribution in [3.63, 3.8) is 0 Å². The highest BCUT2D eigenvalue weighted by Crippen LogP contribution is 2.33. The molecule has 1 spiro atoms. The van der Waals surface area contributed by atoms with Crippen LogP contribution in [0.4, 0.5) is 4.79 Å². The highest BCUT2D eigenvalue weighted by atomic mass is 79.9. The second kappa shape index (κ2) is 6.43. The van der Waals surface area contributed by atoms with Gasteiger partial charge in [-0.3, -0.25) is 14.5 Å². The maximum absolute atomic E-state index is 12.6. The topological polar surface area (TPSA) is 66.5 Å². The van der Waals surface area contributed by atoms with Crippen LogP contribution in [0.15, 0.2) is 28.7 Å². The van der Waals surface area contributed by atoms with Crippen molar-refractivity contribution in [2.75, 3.05) is 6.54 Å². The number of hydrogen-bond acceptors (Lipinski definition) is 3. The van der Waals surface area contributed by atoms with Gasteiger partial charge in [0, 0.05) is 10.9 Å². The fraction of sp³-hybridized carbons (Fsp3) is 0.471. The van der Waals surface area contributed by atoms with Gasteiger partial charge in [0.25, 0.3) is 5.91 Å². The lowest BCUT2D eigenvalue weighted by Crippen LogP contribution is -2.48. The van der Waals surface area contributed by atoms with E-state index in [4.69, 9.17) is 0 Å². The van der Waals surface area contributed by atoms with E-state index < -0.39 is 11.6 Å². The summed E-state index contributed by atoms with van der Waals surface area (Å²) in [6, 6.07) is 7.02. The maximum atomic E-state index is 12.6. The first-order valence-electron chi connectivity index (χ1n) is 7.90. The van der Waals surface area contributed by atoms with Crippen LogP contribution < -0.4 is 5.32 Å². The summed E-state index contributed by atoms with van der Waals surface area (Å²) < 4.78 is 0.946. The number of nitrogens with one attached hydrogen (secondary N) is 1. The molecule has 1 N–H and O–H groups in total. The quantitative estimate of drug-likeness (QED) is 0.819. The SMILES string of the molecule is O=C(Cc1ccc(Br)cc1)CN1C(=O)NC2(CCCCC2)C1=O. The number of urea groups is 1. The maximum Gasteiger partial charge on any atom is 0.325 e. The van der Waals surface area contributed by atoms with Crippen molar-refractivity contribution in [3.8, 4) is 0 Å². The zero-order chi connectivity index (χ0) is 16.4. The number of benzene rings is 1. The van der Waals surface area contributed by atoms with Crippen molar-refractivity contribution in [2.24, 2.45) is 0 Å². The summed E-state index contributed by atoms with van der Waals surface area (Å²) in [5, 5.41) is 2.82. The summed E-state index contributed by atoms with van der Waals surface area (Å²) in [5.74, 6) is -0.366. The number of amides is 3. The lowest BCUT2D eigenvalue weighted by atomic mass is 9.82. The predicted octanol–water partition coefficient (Wildman–Crippen LogP) is 2.82. The van der Waals surface area contributed by atoms with Crippen LogP contribution in [0.5, 0.6) is 0 Å². The number of rotatable bonds is 4. The first kappa shape index (κ1) is 16.2. The molecule has 0 bridgehead atoms. The minimum atomic E-state index is -0.757. The van der Waals surface area contributed by atoms with Crippen LogP contribution in [0, 0.1) is 0 Å². The molecule has 1 aliphatic heterocycles. The molecule has 0 radical (unpaired) electrons. The second-order valence-corrected chi connectivity index (χ2v) is 7.22. The Labute approximate surface area is 143 Å². The van der Waals surface area contributed by atoms with Gasteiger partial charge in [-0.1, -0.05) is 47.3 Å². The minimum Gasteiger partial charge on any atom is -0.323 e. The molecule has 23 heavy (non-hydrogen) atoms. The van der Waals surface area contributed by atoms with Gasteiger partial charge in [-0.2, -0.15) is 0 Å². The molecule has 6 heteroatoms. The molecule has 1 aliphatic carbocycles. The number of hydrogen-bond donors (Lipinski definition) is 1. The lowest BCUT2D eigenvalue weighted by molar-refractivity contribution is -0.135. The predicted molar refractivity (Wildman–Crippen MR) is 88.9 cm³/mol. The number of carbonyl (C=O) groups excluding carboxylic acids is 3. The van der Waals surface area contributed by atoms with E-state index in [0.29, 0.717) is 12.8 Å². The summed E-state index contributed by atoms with van der Waals surface area (Å²) in [4.78, 5) is 38.1. The summed E-state index contributed by atoms with van der Waals surface area (Å²) in [6.07, 6.45) is 4.54. The molecule has 5 nitrogen and oxygen atoms in total. The monoisotopic (exact) mass is 378 g/mol. The standard InChI is InChI=1S/C17H19BrN2O3/c18-13-6-4-12(5-7-13)10-14(21)11-20-15(22)17(19-16(20)23)8-2-1-3-9-17/h4-7H,1-3,8-11H2,(H,19,23). The molecule has 0 aromatic heterocycles. The number of imide groups is 1. The average Bonchev–Trinajstić information content (AvgIpc) is 2.75. The molecular weight excluding hydrogens is 360 g/mol. The molecule has 1 aromatic carbocycles. The van der Waals surface area contributed by atoms with Gasteiger partial charge in [-0.15, -0.1) is 0 Å². The first-order valence-corrected chi connectivity index (χ1v) is 8.70. The third kappa shape index (κ3) is 3.32. The van der Waals surface area contributed by atoms with Crippen molar-refractivity contribution < 1.29 is 14.4 Å². The van der Waals surface area contributed by atoms with Crippen LogP contribution in [0.3, 0.4) is 0 Å². The van der Waals surface area contributed by atoms with E-state index in [1.165, 1.54) is 0 Å². The van der Waals surface area contributed by atoms with Gasteiger partial charge in [0.05, 0.1) is 6.54 Å². The summed E-state index contributed by atoms with van der Waals surface area (Å²) >= 11 is 3.35. The Morgan fingerprint density at radius 3 is 2.43 bits per heavy atom. The van der Waals surface area contributed by atoms with Gasteiger partial charge in [-0.25, -0.2) is 4.79 Å². The minimum absolute atomic E-state index is 0.135. The molecule has 0 unspecified atom stereocenters.